The minimum atomic E-state index is -1.30. The summed E-state index contributed by atoms with van der Waals surface area (Å²) in [6.07, 6.45) is 3.42. The van der Waals surface area contributed by atoms with Crippen LogP contribution in [0.25, 0.3) is 0 Å². The van der Waals surface area contributed by atoms with Crippen molar-refractivity contribution in [3.63, 3.8) is 0 Å². The number of nitrogens with one attached hydrogen (secondary N) is 1. The average Bonchev–Trinajstić information content (AvgIpc) is 2.71. The number of aromatic nitrogens is 2. The molecule has 2 rings (SSSR count). The third-order valence-electron chi connectivity index (χ3n) is 2.59. The number of carbonyl (C=O) groups is 1. The van der Waals surface area contributed by atoms with E-state index in [4.69, 9.17) is 5.11 Å². The summed E-state index contributed by atoms with van der Waals surface area (Å²) in [7, 11) is 1.83. The van der Waals surface area contributed by atoms with Gasteiger partial charge in [-0.2, -0.15) is 0 Å². The minimum absolute atomic E-state index is 0.241. The molecule has 94 valence electrons. The number of benzene rings is 1. The second-order valence-electron chi connectivity index (χ2n) is 3.78. The fourth-order valence-electron chi connectivity index (χ4n) is 1.63. The number of nitrogens with zero attached hydrogens (tertiary/aromatic N) is 2. The van der Waals surface area contributed by atoms with E-state index in [0.717, 1.165) is 11.9 Å². The Morgan fingerprint density at radius 1 is 1.56 bits per heavy atom. The molecule has 1 aromatic heterocycles. The number of aryl methyl sites for hydroxylation is 1. The largest absolute Gasteiger partial charge is 0.478 e. The lowest BCUT2D eigenvalue weighted by atomic mass is 10.1. The van der Waals surface area contributed by atoms with Crippen molar-refractivity contribution in [2.24, 2.45) is 7.05 Å². The van der Waals surface area contributed by atoms with Crippen LogP contribution < -0.4 is 5.32 Å². The van der Waals surface area contributed by atoms with E-state index in [9.17, 15) is 9.18 Å². The van der Waals surface area contributed by atoms with Gasteiger partial charge in [-0.25, -0.2) is 14.2 Å². The van der Waals surface area contributed by atoms with Crippen LogP contribution in [-0.2, 0) is 13.6 Å². The number of anilines is 1. The van der Waals surface area contributed by atoms with E-state index >= 15 is 0 Å². The second-order valence-corrected chi connectivity index (χ2v) is 3.78. The Morgan fingerprint density at radius 3 is 2.94 bits per heavy atom. The van der Waals surface area contributed by atoms with Crippen LogP contribution in [0.3, 0.4) is 0 Å². The maximum atomic E-state index is 13.4. The third-order valence-corrected chi connectivity index (χ3v) is 2.59. The molecule has 2 N–H and O–H groups in total. The number of carboxylic acid groups (broad SMARTS) is 1. The molecule has 6 heteroatoms. The van der Waals surface area contributed by atoms with Crippen molar-refractivity contribution in [1.82, 2.24) is 9.55 Å². The van der Waals surface area contributed by atoms with Crippen LogP contribution in [0.5, 0.6) is 0 Å². The molecule has 0 aliphatic carbocycles. The molecule has 1 aromatic carbocycles. The average molecular weight is 249 g/mol. The van der Waals surface area contributed by atoms with Crippen LogP contribution in [-0.4, -0.2) is 20.6 Å². The molecule has 2 aromatic rings. The number of halogens is 1. The van der Waals surface area contributed by atoms with Crippen molar-refractivity contribution in [2.45, 2.75) is 6.54 Å². The highest BCUT2D eigenvalue weighted by molar-refractivity contribution is 5.94. The molecule has 0 bridgehead atoms. The first kappa shape index (κ1) is 12.1. The van der Waals surface area contributed by atoms with Gasteiger partial charge in [-0.15, -0.1) is 0 Å². The van der Waals surface area contributed by atoms with Crippen LogP contribution in [0.4, 0.5) is 10.1 Å². The highest BCUT2D eigenvalue weighted by atomic mass is 19.1. The molecule has 0 aliphatic rings. The maximum Gasteiger partial charge on any atom is 0.340 e. The summed E-state index contributed by atoms with van der Waals surface area (Å²) >= 11 is 0. The molecule has 0 spiro atoms. The molecule has 0 unspecified atom stereocenters. The van der Waals surface area contributed by atoms with E-state index in [2.05, 4.69) is 10.3 Å². The van der Waals surface area contributed by atoms with E-state index in [1.165, 1.54) is 12.1 Å². The van der Waals surface area contributed by atoms with Crippen molar-refractivity contribution in [3.8, 4) is 0 Å². The third kappa shape index (κ3) is 2.32. The molecule has 5 nitrogen and oxygen atoms in total. The minimum Gasteiger partial charge on any atom is -0.478 e. The molecular formula is C12H12FN3O2. The Morgan fingerprint density at radius 2 is 2.33 bits per heavy atom. The predicted molar refractivity (Wildman–Crippen MR) is 63.9 cm³/mol. The quantitative estimate of drug-likeness (QED) is 0.868. The van der Waals surface area contributed by atoms with E-state index in [0.29, 0.717) is 6.54 Å². The molecule has 1 heterocycles. The number of hydrogen-bond donors (Lipinski definition) is 2. The van der Waals surface area contributed by atoms with Gasteiger partial charge in [0, 0.05) is 19.4 Å². The molecule has 0 amide bonds. The number of aromatic carboxylic acids is 1. The highest BCUT2D eigenvalue weighted by Gasteiger charge is 2.15. The summed E-state index contributed by atoms with van der Waals surface area (Å²) in [5.41, 5.74) is -0.114. The lowest BCUT2D eigenvalue weighted by Gasteiger charge is -2.10. The Hall–Kier alpha value is -2.37. The lowest BCUT2D eigenvalue weighted by molar-refractivity contribution is 0.0693. The fraction of sp³-hybridized carbons (Fsp3) is 0.167. The normalized spacial score (nSPS) is 10.3. The number of rotatable bonds is 4. The summed E-state index contributed by atoms with van der Waals surface area (Å²) in [6.45, 7) is 0.327. The molecule has 0 fully saturated rings. The van der Waals surface area contributed by atoms with Gasteiger partial charge < -0.3 is 15.0 Å². The second kappa shape index (κ2) is 4.87. The van der Waals surface area contributed by atoms with Gasteiger partial charge in [-0.3, -0.25) is 0 Å². The van der Waals surface area contributed by atoms with Gasteiger partial charge in [-0.05, 0) is 12.1 Å². The van der Waals surface area contributed by atoms with Crippen LogP contribution >= 0.6 is 0 Å². The number of hydrogen-bond acceptors (Lipinski definition) is 3. The lowest BCUT2D eigenvalue weighted by Crippen LogP contribution is -2.10. The molecule has 18 heavy (non-hydrogen) atoms. The van der Waals surface area contributed by atoms with Gasteiger partial charge in [0.2, 0.25) is 0 Å². The first-order chi connectivity index (χ1) is 8.59. The Bertz CT molecular complexity index is 580. The Kier molecular flexibility index (Phi) is 3.27. The fourth-order valence-corrected chi connectivity index (χ4v) is 1.63. The molecular weight excluding hydrogens is 237 g/mol. The van der Waals surface area contributed by atoms with Crippen LogP contribution in [0.2, 0.25) is 0 Å². The zero-order chi connectivity index (χ0) is 13.1. The van der Waals surface area contributed by atoms with E-state index in [1.54, 1.807) is 17.0 Å². The summed E-state index contributed by atoms with van der Waals surface area (Å²) in [5.74, 6) is -1.32. The molecule has 0 radical (unpaired) electrons. The summed E-state index contributed by atoms with van der Waals surface area (Å²) in [4.78, 5) is 15.1. The standard InChI is InChI=1S/C12H12FN3O2/c1-16-6-5-14-10(16)7-15-9-4-2-3-8(13)11(9)12(17)18/h2-6,15H,7H2,1H3,(H,17,18). The molecule has 0 atom stereocenters. The Balaban J connectivity index is 2.22. The summed E-state index contributed by atoms with van der Waals surface area (Å²) in [5, 5.41) is 11.8. The van der Waals surface area contributed by atoms with Crippen molar-refractivity contribution in [2.75, 3.05) is 5.32 Å². The SMILES string of the molecule is Cn1ccnc1CNc1cccc(F)c1C(=O)O. The first-order valence-corrected chi connectivity index (χ1v) is 5.31. The predicted octanol–water partition coefficient (Wildman–Crippen LogP) is 1.87. The van der Waals surface area contributed by atoms with Gasteiger partial charge in [0.15, 0.2) is 0 Å². The number of carboxylic acids is 1. The first-order valence-electron chi connectivity index (χ1n) is 5.31. The zero-order valence-corrected chi connectivity index (χ0v) is 9.72. The summed E-state index contributed by atoms with van der Waals surface area (Å²) < 4.78 is 15.2. The smallest absolute Gasteiger partial charge is 0.340 e. The van der Waals surface area contributed by atoms with E-state index in [-0.39, 0.29) is 11.3 Å². The van der Waals surface area contributed by atoms with Crippen LogP contribution in [0.1, 0.15) is 16.2 Å². The van der Waals surface area contributed by atoms with Gasteiger partial charge >= 0.3 is 5.97 Å². The monoisotopic (exact) mass is 249 g/mol. The highest BCUT2D eigenvalue weighted by Crippen LogP contribution is 2.19. The van der Waals surface area contributed by atoms with Gasteiger partial charge in [0.25, 0.3) is 0 Å². The van der Waals surface area contributed by atoms with Crippen molar-refractivity contribution >= 4 is 11.7 Å². The van der Waals surface area contributed by atoms with Crippen molar-refractivity contribution in [1.29, 1.82) is 0 Å². The topological polar surface area (TPSA) is 67.2 Å². The Labute approximate surface area is 103 Å². The molecule has 0 saturated carbocycles. The molecule has 0 aliphatic heterocycles. The van der Waals surface area contributed by atoms with Gasteiger partial charge in [-0.1, -0.05) is 6.07 Å². The van der Waals surface area contributed by atoms with Crippen LogP contribution in [0.15, 0.2) is 30.6 Å². The van der Waals surface area contributed by atoms with E-state index in [1.807, 2.05) is 7.05 Å². The number of imidazole rings is 1. The summed E-state index contributed by atoms with van der Waals surface area (Å²) in [6, 6.07) is 4.10. The van der Waals surface area contributed by atoms with Gasteiger partial charge in [0.1, 0.15) is 17.2 Å². The zero-order valence-electron chi connectivity index (χ0n) is 9.72. The van der Waals surface area contributed by atoms with E-state index < -0.39 is 11.8 Å². The van der Waals surface area contributed by atoms with Gasteiger partial charge in [0.05, 0.1) is 12.2 Å². The van der Waals surface area contributed by atoms with Crippen molar-refractivity contribution < 1.29 is 14.3 Å². The maximum absolute atomic E-state index is 13.4. The molecule has 0 saturated heterocycles. The van der Waals surface area contributed by atoms with Crippen LogP contribution in [0, 0.1) is 5.82 Å². The van der Waals surface area contributed by atoms with Crippen molar-refractivity contribution in [3.05, 3.63) is 47.8 Å².